The van der Waals surface area contributed by atoms with Gasteiger partial charge in [-0.25, -0.2) is 0 Å². The van der Waals surface area contributed by atoms with E-state index in [1.54, 1.807) is 0 Å². The number of nitrogens with zero attached hydrogens (tertiary/aromatic N) is 1. The van der Waals surface area contributed by atoms with Crippen LogP contribution in [0.5, 0.6) is 0 Å². The SMILES string of the molecule is CCc1ccc(-c2ccc(CN(C)C(CO)COC(C)C)o2)cc1. The standard InChI is InChI=1S/C20H29NO3/c1-5-16-6-8-17(9-7-16)20-11-10-19(24-20)12-21(4)18(13-22)14-23-15(2)3/h6-11,15,18,22H,5,12-14H2,1-4H3. The number of hydrogen-bond donors (Lipinski definition) is 1. The van der Waals surface area contributed by atoms with Gasteiger partial charge in [0.1, 0.15) is 11.5 Å². The van der Waals surface area contributed by atoms with Gasteiger partial charge in [-0.15, -0.1) is 0 Å². The van der Waals surface area contributed by atoms with E-state index in [4.69, 9.17) is 9.15 Å². The summed E-state index contributed by atoms with van der Waals surface area (Å²) in [6.07, 6.45) is 1.20. The molecule has 1 atom stereocenters. The molecule has 132 valence electrons. The summed E-state index contributed by atoms with van der Waals surface area (Å²) >= 11 is 0. The lowest BCUT2D eigenvalue weighted by Gasteiger charge is -2.26. The summed E-state index contributed by atoms with van der Waals surface area (Å²) in [6, 6.07) is 12.4. The molecule has 0 aliphatic rings. The van der Waals surface area contributed by atoms with Crippen molar-refractivity contribution in [2.24, 2.45) is 0 Å². The van der Waals surface area contributed by atoms with Crippen molar-refractivity contribution in [2.75, 3.05) is 20.3 Å². The summed E-state index contributed by atoms with van der Waals surface area (Å²) in [6.45, 7) is 7.36. The van der Waals surface area contributed by atoms with E-state index >= 15 is 0 Å². The number of aliphatic hydroxyl groups excluding tert-OH is 1. The Morgan fingerprint density at radius 2 is 1.83 bits per heavy atom. The largest absolute Gasteiger partial charge is 0.460 e. The third kappa shape index (κ3) is 5.20. The highest BCUT2D eigenvalue weighted by molar-refractivity contribution is 5.57. The van der Waals surface area contributed by atoms with Crippen molar-refractivity contribution in [1.29, 1.82) is 0 Å². The minimum Gasteiger partial charge on any atom is -0.460 e. The molecule has 1 aromatic heterocycles. The molecule has 0 aliphatic carbocycles. The van der Waals surface area contributed by atoms with E-state index in [0.29, 0.717) is 13.2 Å². The molecular weight excluding hydrogens is 302 g/mol. The normalized spacial score (nSPS) is 13.0. The number of benzene rings is 1. The van der Waals surface area contributed by atoms with Gasteiger partial charge in [0.15, 0.2) is 0 Å². The molecule has 0 aliphatic heterocycles. The average molecular weight is 331 g/mol. The summed E-state index contributed by atoms with van der Waals surface area (Å²) < 4.78 is 11.6. The molecule has 0 radical (unpaired) electrons. The topological polar surface area (TPSA) is 45.8 Å². The molecule has 2 aromatic rings. The van der Waals surface area contributed by atoms with Crippen LogP contribution in [-0.4, -0.2) is 42.4 Å². The van der Waals surface area contributed by atoms with E-state index < -0.39 is 0 Å². The van der Waals surface area contributed by atoms with Gasteiger partial charge in [0, 0.05) is 5.56 Å². The number of furan rings is 1. The van der Waals surface area contributed by atoms with Crippen LogP contribution in [0.25, 0.3) is 11.3 Å². The molecule has 2 rings (SSSR count). The lowest BCUT2D eigenvalue weighted by atomic mass is 10.1. The Morgan fingerprint density at radius 3 is 2.42 bits per heavy atom. The zero-order valence-corrected chi connectivity index (χ0v) is 15.2. The predicted molar refractivity (Wildman–Crippen MR) is 97.0 cm³/mol. The lowest BCUT2D eigenvalue weighted by Crippen LogP contribution is -2.38. The summed E-state index contributed by atoms with van der Waals surface area (Å²) in [4.78, 5) is 2.06. The number of hydrogen-bond acceptors (Lipinski definition) is 4. The number of aryl methyl sites for hydroxylation is 1. The fraction of sp³-hybridized carbons (Fsp3) is 0.500. The van der Waals surface area contributed by atoms with Crippen molar-refractivity contribution < 1.29 is 14.3 Å². The number of aliphatic hydroxyl groups is 1. The maximum Gasteiger partial charge on any atom is 0.134 e. The number of ether oxygens (including phenoxy) is 1. The van der Waals surface area contributed by atoms with Gasteiger partial charge in [0.05, 0.1) is 31.9 Å². The van der Waals surface area contributed by atoms with Crippen molar-refractivity contribution in [3.05, 3.63) is 47.7 Å². The smallest absolute Gasteiger partial charge is 0.134 e. The van der Waals surface area contributed by atoms with Crippen LogP contribution in [0.1, 0.15) is 32.1 Å². The molecule has 1 heterocycles. The number of rotatable bonds is 9. The van der Waals surface area contributed by atoms with Crippen molar-refractivity contribution in [3.63, 3.8) is 0 Å². The van der Waals surface area contributed by atoms with Gasteiger partial charge in [-0.05, 0) is 45.0 Å². The molecule has 0 saturated carbocycles. The lowest BCUT2D eigenvalue weighted by molar-refractivity contribution is 0.00891. The maximum atomic E-state index is 9.57. The quantitative estimate of drug-likeness (QED) is 0.760. The summed E-state index contributed by atoms with van der Waals surface area (Å²) in [5.41, 5.74) is 2.41. The first-order chi connectivity index (χ1) is 11.5. The van der Waals surface area contributed by atoms with Gasteiger partial charge in [-0.3, -0.25) is 4.90 Å². The highest BCUT2D eigenvalue weighted by Gasteiger charge is 2.17. The van der Waals surface area contributed by atoms with Gasteiger partial charge in [-0.1, -0.05) is 31.2 Å². The van der Waals surface area contributed by atoms with Crippen LogP contribution in [0.2, 0.25) is 0 Å². The Balaban J connectivity index is 1.98. The fourth-order valence-electron chi connectivity index (χ4n) is 2.52. The van der Waals surface area contributed by atoms with Crippen LogP contribution in [0.4, 0.5) is 0 Å². The second kappa shape index (κ2) is 9.02. The van der Waals surface area contributed by atoms with Crippen LogP contribution in [0.15, 0.2) is 40.8 Å². The zero-order valence-electron chi connectivity index (χ0n) is 15.2. The highest BCUT2D eigenvalue weighted by atomic mass is 16.5. The molecule has 0 fully saturated rings. The first-order valence-corrected chi connectivity index (χ1v) is 8.64. The average Bonchev–Trinajstić information content (AvgIpc) is 3.03. The van der Waals surface area contributed by atoms with E-state index in [1.807, 2.05) is 33.0 Å². The van der Waals surface area contributed by atoms with E-state index in [1.165, 1.54) is 5.56 Å². The van der Waals surface area contributed by atoms with Gasteiger partial charge in [0.25, 0.3) is 0 Å². The Morgan fingerprint density at radius 1 is 1.12 bits per heavy atom. The second-order valence-electron chi connectivity index (χ2n) is 6.45. The predicted octanol–water partition coefficient (Wildman–Crippen LogP) is 3.73. The molecule has 0 spiro atoms. The Kier molecular flexibility index (Phi) is 7.03. The Hall–Kier alpha value is -1.62. The van der Waals surface area contributed by atoms with Gasteiger partial charge >= 0.3 is 0 Å². The molecule has 24 heavy (non-hydrogen) atoms. The van der Waals surface area contributed by atoms with Crippen molar-refractivity contribution in [2.45, 2.75) is 45.9 Å². The fourth-order valence-corrected chi connectivity index (χ4v) is 2.52. The van der Waals surface area contributed by atoms with Gasteiger partial charge in [-0.2, -0.15) is 0 Å². The Labute approximate surface area is 145 Å². The molecule has 1 N–H and O–H groups in total. The molecule has 1 aromatic carbocycles. The van der Waals surface area contributed by atoms with Crippen molar-refractivity contribution in [1.82, 2.24) is 4.90 Å². The highest BCUT2D eigenvalue weighted by Crippen LogP contribution is 2.23. The van der Waals surface area contributed by atoms with E-state index in [2.05, 4.69) is 36.1 Å². The molecule has 0 amide bonds. The van der Waals surface area contributed by atoms with Crippen molar-refractivity contribution in [3.8, 4) is 11.3 Å². The first kappa shape index (κ1) is 18.7. The third-order valence-corrected chi connectivity index (χ3v) is 4.17. The first-order valence-electron chi connectivity index (χ1n) is 8.64. The van der Waals surface area contributed by atoms with Crippen LogP contribution in [-0.2, 0) is 17.7 Å². The molecule has 0 saturated heterocycles. The van der Waals surface area contributed by atoms with Crippen LogP contribution in [0, 0.1) is 0 Å². The van der Waals surface area contributed by atoms with Gasteiger partial charge in [0.2, 0.25) is 0 Å². The molecule has 0 bridgehead atoms. The molecule has 4 heteroatoms. The molecular formula is C20H29NO3. The molecule has 4 nitrogen and oxygen atoms in total. The van der Waals surface area contributed by atoms with E-state index in [0.717, 1.165) is 23.5 Å². The minimum absolute atomic E-state index is 0.0372. The zero-order chi connectivity index (χ0) is 17.5. The summed E-state index contributed by atoms with van der Waals surface area (Å²) in [7, 11) is 1.98. The Bertz CT molecular complexity index is 604. The van der Waals surface area contributed by atoms with Crippen LogP contribution >= 0.6 is 0 Å². The monoisotopic (exact) mass is 331 g/mol. The van der Waals surface area contributed by atoms with Crippen molar-refractivity contribution >= 4 is 0 Å². The minimum atomic E-state index is -0.0372. The maximum absolute atomic E-state index is 9.57. The molecule has 1 unspecified atom stereocenters. The van der Waals surface area contributed by atoms with E-state index in [-0.39, 0.29) is 18.8 Å². The van der Waals surface area contributed by atoms with Crippen LogP contribution in [0.3, 0.4) is 0 Å². The van der Waals surface area contributed by atoms with E-state index in [9.17, 15) is 5.11 Å². The summed E-state index contributed by atoms with van der Waals surface area (Å²) in [5.74, 6) is 1.76. The summed E-state index contributed by atoms with van der Waals surface area (Å²) in [5, 5.41) is 9.57. The van der Waals surface area contributed by atoms with Gasteiger partial charge < -0.3 is 14.3 Å². The number of likely N-dealkylation sites (N-methyl/N-ethyl adjacent to an activating group) is 1. The second-order valence-corrected chi connectivity index (χ2v) is 6.45. The van der Waals surface area contributed by atoms with Crippen LogP contribution < -0.4 is 0 Å². The third-order valence-electron chi connectivity index (χ3n) is 4.17.